The maximum Gasteiger partial charge on any atom is 0.163 e. The second-order valence-corrected chi connectivity index (χ2v) is 4.88. The third-order valence-electron chi connectivity index (χ3n) is 3.48. The van der Waals surface area contributed by atoms with Crippen molar-refractivity contribution in [2.45, 2.75) is 19.8 Å². The van der Waals surface area contributed by atoms with E-state index in [-0.39, 0.29) is 11.7 Å². The Kier molecular flexibility index (Phi) is 4.83. The molecule has 0 spiro atoms. The van der Waals surface area contributed by atoms with Crippen LogP contribution in [0.25, 0.3) is 11.1 Å². The van der Waals surface area contributed by atoms with Gasteiger partial charge in [-0.25, -0.2) is 0 Å². The van der Waals surface area contributed by atoms with Gasteiger partial charge in [0.1, 0.15) is 6.29 Å². The maximum atomic E-state index is 12.1. The van der Waals surface area contributed by atoms with Gasteiger partial charge in [0.25, 0.3) is 0 Å². The molecule has 2 aromatic rings. The van der Waals surface area contributed by atoms with Crippen molar-refractivity contribution in [3.63, 3.8) is 0 Å². The molecule has 0 saturated heterocycles. The van der Waals surface area contributed by atoms with Crippen molar-refractivity contribution in [1.29, 1.82) is 0 Å². The van der Waals surface area contributed by atoms with E-state index in [0.717, 1.165) is 17.4 Å². The molecule has 0 N–H and O–H groups in total. The Labute approximate surface area is 119 Å². The quantitative estimate of drug-likeness (QED) is 0.581. The number of rotatable bonds is 6. The van der Waals surface area contributed by atoms with Crippen molar-refractivity contribution < 1.29 is 9.59 Å². The molecular formula is C18H18O2. The van der Waals surface area contributed by atoms with Gasteiger partial charge < -0.3 is 4.79 Å². The molecule has 0 amide bonds. The minimum Gasteiger partial charge on any atom is -0.303 e. The zero-order valence-electron chi connectivity index (χ0n) is 11.6. The van der Waals surface area contributed by atoms with E-state index in [9.17, 15) is 9.59 Å². The highest BCUT2D eigenvalue weighted by molar-refractivity contribution is 5.97. The molecule has 0 aliphatic heterocycles. The SMILES string of the molecule is CC[C@@H](C=O)CC(=O)c1ccc(-c2ccccc2)cc1. The van der Waals surface area contributed by atoms with Gasteiger partial charge in [0.2, 0.25) is 0 Å². The lowest BCUT2D eigenvalue weighted by Gasteiger charge is -2.07. The van der Waals surface area contributed by atoms with Gasteiger partial charge in [-0.1, -0.05) is 61.5 Å². The van der Waals surface area contributed by atoms with Gasteiger partial charge in [0.15, 0.2) is 5.78 Å². The molecule has 1 atom stereocenters. The van der Waals surface area contributed by atoms with E-state index in [1.807, 2.05) is 61.5 Å². The average molecular weight is 266 g/mol. The second kappa shape index (κ2) is 6.80. The van der Waals surface area contributed by atoms with Crippen LogP contribution in [0.2, 0.25) is 0 Å². The number of hydrogen-bond donors (Lipinski definition) is 0. The van der Waals surface area contributed by atoms with Crippen molar-refractivity contribution in [2.75, 3.05) is 0 Å². The summed E-state index contributed by atoms with van der Waals surface area (Å²) in [6.45, 7) is 1.92. The summed E-state index contributed by atoms with van der Waals surface area (Å²) in [5.74, 6) is -0.139. The van der Waals surface area contributed by atoms with Crippen LogP contribution in [0.5, 0.6) is 0 Å². The zero-order valence-corrected chi connectivity index (χ0v) is 11.6. The van der Waals surface area contributed by atoms with Crippen LogP contribution in [0.4, 0.5) is 0 Å². The Hall–Kier alpha value is -2.22. The number of benzene rings is 2. The molecule has 0 bridgehead atoms. The van der Waals surface area contributed by atoms with Crippen LogP contribution in [0, 0.1) is 5.92 Å². The van der Waals surface area contributed by atoms with Crippen LogP contribution in [-0.4, -0.2) is 12.1 Å². The van der Waals surface area contributed by atoms with Gasteiger partial charge in [-0.3, -0.25) is 4.79 Å². The van der Waals surface area contributed by atoms with Crippen LogP contribution in [0.15, 0.2) is 54.6 Å². The van der Waals surface area contributed by atoms with Crippen LogP contribution in [-0.2, 0) is 4.79 Å². The second-order valence-electron chi connectivity index (χ2n) is 4.88. The number of ketones is 1. The van der Waals surface area contributed by atoms with E-state index in [1.54, 1.807) is 0 Å². The Morgan fingerprint density at radius 2 is 1.60 bits per heavy atom. The van der Waals surface area contributed by atoms with Crippen molar-refractivity contribution in [3.8, 4) is 11.1 Å². The first kappa shape index (κ1) is 14.2. The van der Waals surface area contributed by atoms with Crippen LogP contribution >= 0.6 is 0 Å². The first-order chi connectivity index (χ1) is 9.74. The normalized spacial score (nSPS) is 11.8. The molecule has 0 heterocycles. The fraction of sp³-hybridized carbons (Fsp3) is 0.222. The van der Waals surface area contributed by atoms with E-state index >= 15 is 0 Å². The standard InChI is InChI=1S/C18H18O2/c1-2-14(13-19)12-18(20)17-10-8-16(9-11-17)15-6-4-3-5-7-15/h3-11,13-14H,2,12H2,1H3/t14-/m1/s1. The molecule has 0 aliphatic rings. The fourth-order valence-corrected chi connectivity index (χ4v) is 2.12. The number of aldehydes is 1. The largest absolute Gasteiger partial charge is 0.303 e. The summed E-state index contributed by atoms with van der Waals surface area (Å²) in [7, 11) is 0. The summed E-state index contributed by atoms with van der Waals surface area (Å²) < 4.78 is 0. The van der Waals surface area contributed by atoms with Crippen LogP contribution in [0.3, 0.4) is 0 Å². The molecule has 2 aromatic carbocycles. The van der Waals surface area contributed by atoms with Gasteiger partial charge in [0, 0.05) is 17.9 Å². The first-order valence-electron chi connectivity index (χ1n) is 6.88. The molecule has 0 fully saturated rings. The highest BCUT2D eigenvalue weighted by Gasteiger charge is 2.13. The topological polar surface area (TPSA) is 34.1 Å². The summed E-state index contributed by atoms with van der Waals surface area (Å²) in [5.41, 5.74) is 2.89. The molecule has 0 saturated carbocycles. The van der Waals surface area contributed by atoms with Gasteiger partial charge in [-0.2, -0.15) is 0 Å². The first-order valence-corrected chi connectivity index (χ1v) is 6.88. The maximum absolute atomic E-state index is 12.1. The summed E-state index contributed by atoms with van der Waals surface area (Å²) in [4.78, 5) is 22.9. The monoisotopic (exact) mass is 266 g/mol. The summed E-state index contributed by atoms with van der Waals surface area (Å²) in [6, 6.07) is 17.6. The number of Topliss-reactive ketones (excluding diaryl/α,β-unsaturated/α-hetero) is 1. The molecular weight excluding hydrogens is 248 g/mol. The summed E-state index contributed by atoms with van der Waals surface area (Å²) >= 11 is 0. The highest BCUT2D eigenvalue weighted by Crippen LogP contribution is 2.20. The fourth-order valence-electron chi connectivity index (χ4n) is 2.12. The molecule has 20 heavy (non-hydrogen) atoms. The number of hydrogen-bond acceptors (Lipinski definition) is 2. The van der Waals surface area contributed by atoms with E-state index < -0.39 is 0 Å². The molecule has 0 unspecified atom stereocenters. The van der Waals surface area contributed by atoms with E-state index in [1.165, 1.54) is 0 Å². The van der Waals surface area contributed by atoms with Crippen LogP contribution < -0.4 is 0 Å². The molecule has 0 aromatic heterocycles. The molecule has 2 rings (SSSR count). The van der Waals surface area contributed by atoms with Crippen molar-refractivity contribution in [1.82, 2.24) is 0 Å². The van der Waals surface area contributed by atoms with Crippen molar-refractivity contribution >= 4 is 12.1 Å². The van der Waals surface area contributed by atoms with Gasteiger partial charge in [-0.05, 0) is 17.5 Å². The molecule has 0 aliphatic carbocycles. The lowest BCUT2D eigenvalue weighted by Crippen LogP contribution is -2.09. The summed E-state index contributed by atoms with van der Waals surface area (Å²) in [5, 5.41) is 0. The minimum absolute atomic E-state index is 0.0311. The number of carbonyl (C=O) groups excluding carboxylic acids is 2. The van der Waals surface area contributed by atoms with Crippen molar-refractivity contribution in [3.05, 3.63) is 60.2 Å². The van der Waals surface area contributed by atoms with Crippen LogP contribution in [0.1, 0.15) is 30.1 Å². The number of carbonyl (C=O) groups is 2. The Balaban J connectivity index is 2.12. The molecule has 0 radical (unpaired) electrons. The lowest BCUT2D eigenvalue weighted by molar-refractivity contribution is -0.111. The van der Waals surface area contributed by atoms with E-state index in [0.29, 0.717) is 18.4 Å². The third kappa shape index (κ3) is 3.41. The highest BCUT2D eigenvalue weighted by atomic mass is 16.1. The van der Waals surface area contributed by atoms with Gasteiger partial charge in [-0.15, -0.1) is 0 Å². The molecule has 102 valence electrons. The predicted octanol–water partition coefficient (Wildman–Crippen LogP) is 4.15. The Bertz CT molecular complexity index is 570. The summed E-state index contributed by atoms with van der Waals surface area (Å²) in [6.07, 6.45) is 1.87. The smallest absolute Gasteiger partial charge is 0.163 e. The average Bonchev–Trinajstić information content (AvgIpc) is 2.53. The molecule has 2 nitrogen and oxygen atoms in total. The van der Waals surface area contributed by atoms with Gasteiger partial charge in [0.05, 0.1) is 0 Å². The predicted molar refractivity (Wildman–Crippen MR) is 80.7 cm³/mol. The third-order valence-corrected chi connectivity index (χ3v) is 3.48. The minimum atomic E-state index is -0.170. The Morgan fingerprint density at radius 1 is 1.00 bits per heavy atom. The van der Waals surface area contributed by atoms with E-state index in [4.69, 9.17) is 0 Å². The molecule has 2 heteroatoms. The van der Waals surface area contributed by atoms with E-state index in [2.05, 4.69) is 0 Å². The van der Waals surface area contributed by atoms with Gasteiger partial charge >= 0.3 is 0 Å². The lowest BCUT2D eigenvalue weighted by atomic mass is 9.96. The Morgan fingerprint density at radius 3 is 2.15 bits per heavy atom. The zero-order chi connectivity index (χ0) is 14.4. The van der Waals surface area contributed by atoms with Crippen molar-refractivity contribution in [2.24, 2.45) is 5.92 Å².